The lowest BCUT2D eigenvalue weighted by Gasteiger charge is -2.28. The van der Waals surface area contributed by atoms with Crippen LogP contribution in [-0.4, -0.2) is 12.0 Å². The quantitative estimate of drug-likeness (QED) is 0.541. The van der Waals surface area contributed by atoms with Crippen LogP contribution in [0.25, 0.3) is 5.70 Å². The Labute approximate surface area is 148 Å². The lowest BCUT2D eigenvalue weighted by Crippen LogP contribution is -2.18. The maximum Gasteiger partial charge on any atom is 0.269 e. The van der Waals surface area contributed by atoms with Crippen LogP contribution in [0.3, 0.4) is 0 Å². The summed E-state index contributed by atoms with van der Waals surface area (Å²) in [6.07, 6.45) is 3.18. The zero-order chi connectivity index (χ0) is 18.1. The molecule has 3 rings (SSSR count). The van der Waals surface area contributed by atoms with E-state index in [4.69, 9.17) is 0 Å². The summed E-state index contributed by atoms with van der Waals surface area (Å²) in [5.41, 5.74) is 8.91. The average Bonchev–Trinajstić information content (AvgIpc) is 3.39. The van der Waals surface area contributed by atoms with Crippen molar-refractivity contribution in [2.75, 3.05) is 11.9 Å². The van der Waals surface area contributed by atoms with Crippen molar-refractivity contribution in [1.29, 1.82) is 0 Å². The van der Waals surface area contributed by atoms with E-state index in [-0.39, 0.29) is 10.6 Å². The molecule has 2 aromatic carbocycles. The molecule has 0 saturated heterocycles. The number of anilines is 1. The van der Waals surface area contributed by atoms with Crippen molar-refractivity contribution in [3.63, 3.8) is 0 Å². The van der Waals surface area contributed by atoms with Crippen LogP contribution in [0.2, 0.25) is 0 Å². The Bertz CT molecular complexity index is 845. The van der Waals surface area contributed by atoms with E-state index in [1.807, 2.05) is 12.1 Å². The molecule has 130 valence electrons. The predicted octanol–water partition coefficient (Wildman–Crippen LogP) is 5.42. The number of allylic oxidation sites excluding steroid dienone is 1. The van der Waals surface area contributed by atoms with Crippen LogP contribution in [-0.2, 0) is 6.42 Å². The molecule has 0 aliphatic heterocycles. The molecule has 1 aliphatic carbocycles. The van der Waals surface area contributed by atoms with E-state index in [1.54, 1.807) is 12.1 Å². The Kier molecular flexibility index (Phi) is 4.62. The van der Waals surface area contributed by atoms with E-state index < -0.39 is 0 Å². The fourth-order valence-corrected chi connectivity index (χ4v) is 3.58. The molecule has 4 heteroatoms. The van der Waals surface area contributed by atoms with E-state index >= 15 is 0 Å². The second kappa shape index (κ2) is 6.71. The van der Waals surface area contributed by atoms with E-state index in [1.165, 1.54) is 33.6 Å². The highest BCUT2D eigenvalue weighted by atomic mass is 16.6. The number of non-ortho nitro benzene ring substituents is 1. The first-order valence-corrected chi connectivity index (χ1v) is 8.73. The lowest BCUT2D eigenvalue weighted by atomic mass is 9.99. The van der Waals surface area contributed by atoms with E-state index in [0.717, 1.165) is 24.8 Å². The molecule has 0 atom stereocenters. The first kappa shape index (κ1) is 17.2. The minimum atomic E-state index is -0.350. The van der Waals surface area contributed by atoms with Gasteiger partial charge in [-0.25, -0.2) is 0 Å². The van der Waals surface area contributed by atoms with Crippen molar-refractivity contribution >= 4 is 17.1 Å². The minimum absolute atomic E-state index is 0.132. The third-order valence-electron chi connectivity index (χ3n) is 4.76. The van der Waals surface area contributed by atoms with Crippen LogP contribution < -0.4 is 4.90 Å². The highest BCUT2D eigenvalue weighted by Crippen LogP contribution is 2.41. The van der Waals surface area contributed by atoms with Gasteiger partial charge in [0, 0.05) is 30.6 Å². The Morgan fingerprint density at radius 1 is 1.16 bits per heavy atom. The molecular weight excluding hydrogens is 312 g/mol. The van der Waals surface area contributed by atoms with Crippen molar-refractivity contribution in [2.24, 2.45) is 0 Å². The molecule has 0 radical (unpaired) electrons. The van der Waals surface area contributed by atoms with Crippen LogP contribution in [0.4, 0.5) is 11.4 Å². The Morgan fingerprint density at radius 2 is 1.80 bits per heavy atom. The molecule has 1 saturated carbocycles. The van der Waals surface area contributed by atoms with Gasteiger partial charge in [0.1, 0.15) is 0 Å². The van der Waals surface area contributed by atoms with E-state index in [2.05, 4.69) is 44.9 Å². The molecular formula is C21H24N2O2. The van der Waals surface area contributed by atoms with E-state index in [0.29, 0.717) is 0 Å². The summed E-state index contributed by atoms with van der Waals surface area (Å²) in [7, 11) is 2.11. The summed E-state index contributed by atoms with van der Waals surface area (Å²) in [5, 5.41) is 10.9. The maximum absolute atomic E-state index is 10.9. The normalized spacial score (nSPS) is 12.9. The zero-order valence-corrected chi connectivity index (χ0v) is 15.3. The average molecular weight is 336 g/mol. The van der Waals surface area contributed by atoms with Crippen LogP contribution in [0.1, 0.15) is 42.0 Å². The van der Waals surface area contributed by atoms with Crippen molar-refractivity contribution in [2.45, 2.75) is 40.0 Å². The molecule has 0 aromatic heterocycles. The zero-order valence-electron chi connectivity index (χ0n) is 15.3. The first-order chi connectivity index (χ1) is 11.9. The fraction of sp³-hybridized carbons (Fsp3) is 0.333. The second-order valence-electron chi connectivity index (χ2n) is 6.76. The molecule has 0 bridgehead atoms. The summed E-state index contributed by atoms with van der Waals surface area (Å²) in [5.74, 6) is 0. The predicted molar refractivity (Wildman–Crippen MR) is 103 cm³/mol. The number of benzene rings is 2. The van der Waals surface area contributed by atoms with Crippen LogP contribution in [0.15, 0.2) is 42.0 Å². The number of nitrogens with zero attached hydrogens (tertiary/aromatic N) is 2. The van der Waals surface area contributed by atoms with Gasteiger partial charge in [-0.15, -0.1) is 0 Å². The van der Waals surface area contributed by atoms with Crippen LogP contribution >= 0.6 is 0 Å². The highest BCUT2D eigenvalue weighted by Gasteiger charge is 2.25. The molecule has 0 amide bonds. The topological polar surface area (TPSA) is 46.4 Å². The third-order valence-corrected chi connectivity index (χ3v) is 4.76. The summed E-state index contributed by atoms with van der Waals surface area (Å²) < 4.78 is 0. The summed E-state index contributed by atoms with van der Waals surface area (Å²) in [4.78, 5) is 12.9. The monoisotopic (exact) mass is 336 g/mol. The van der Waals surface area contributed by atoms with Gasteiger partial charge in [-0.3, -0.25) is 10.1 Å². The number of rotatable bonds is 5. The van der Waals surface area contributed by atoms with Gasteiger partial charge in [-0.1, -0.05) is 24.6 Å². The van der Waals surface area contributed by atoms with Gasteiger partial charge in [-0.2, -0.15) is 0 Å². The SMILES string of the molecule is CCc1cc(C)cc(C)c1N(C)C(=C1CC1)c1ccc([N+](=O)[O-])cc1. The number of hydrogen-bond acceptors (Lipinski definition) is 3. The van der Waals surface area contributed by atoms with Crippen molar-refractivity contribution in [1.82, 2.24) is 0 Å². The summed E-state index contributed by atoms with van der Waals surface area (Å²) >= 11 is 0. The van der Waals surface area contributed by atoms with Crippen molar-refractivity contribution in [3.05, 3.63) is 74.3 Å². The highest BCUT2D eigenvalue weighted by molar-refractivity contribution is 5.85. The Hall–Kier alpha value is -2.62. The Balaban J connectivity index is 2.06. The minimum Gasteiger partial charge on any atom is -0.344 e. The molecule has 0 N–H and O–H groups in total. The maximum atomic E-state index is 10.9. The third kappa shape index (κ3) is 3.43. The van der Waals surface area contributed by atoms with Crippen LogP contribution in [0, 0.1) is 24.0 Å². The first-order valence-electron chi connectivity index (χ1n) is 8.73. The second-order valence-corrected chi connectivity index (χ2v) is 6.76. The number of hydrogen-bond donors (Lipinski definition) is 0. The van der Waals surface area contributed by atoms with E-state index in [9.17, 15) is 10.1 Å². The van der Waals surface area contributed by atoms with Crippen LogP contribution in [0.5, 0.6) is 0 Å². The van der Waals surface area contributed by atoms with Gasteiger partial charge in [0.25, 0.3) is 5.69 Å². The van der Waals surface area contributed by atoms with Gasteiger partial charge in [0.15, 0.2) is 0 Å². The van der Waals surface area contributed by atoms with Gasteiger partial charge in [0.05, 0.1) is 4.92 Å². The Morgan fingerprint density at radius 3 is 2.32 bits per heavy atom. The molecule has 2 aromatic rings. The fourth-order valence-electron chi connectivity index (χ4n) is 3.58. The molecule has 1 fully saturated rings. The molecule has 4 nitrogen and oxygen atoms in total. The van der Waals surface area contributed by atoms with Gasteiger partial charge >= 0.3 is 0 Å². The number of aryl methyl sites for hydroxylation is 3. The summed E-state index contributed by atoms with van der Waals surface area (Å²) in [6, 6.07) is 11.4. The molecule has 0 unspecified atom stereocenters. The molecule has 0 spiro atoms. The number of nitro groups is 1. The van der Waals surface area contributed by atoms with Gasteiger partial charge < -0.3 is 4.90 Å². The largest absolute Gasteiger partial charge is 0.344 e. The smallest absolute Gasteiger partial charge is 0.269 e. The lowest BCUT2D eigenvalue weighted by molar-refractivity contribution is -0.384. The van der Waals surface area contributed by atoms with Crippen molar-refractivity contribution < 1.29 is 4.92 Å². The van der Waals surface area contributed by atoms with Crippen molar-refractivity contribution in [3.8, 4) is 0 Å². The number of nitro benzene ring substituents is 1. The summed E-state index contributed by atoms with van der Waals surface area (Å²) in [6.45, 7) is 6.47. The molecule has 0 heterocycles. The standard InChI is InChI=1S/C21H24N2O2/c1-5-16-13-14(2)12-15(3)20(16)22(4)21(17-6-7-17)18-8-10-19(11-9-18)23(24)25/h8-13H,5-7H2,1-4H3. The molecule has 25 heavy (non-hydrogen) atoms. The van der Waals surface area contributed by atoms with Gasteiger partial charge in [-0.05, 0) is 67.5 Å². The van der Waals surface area contributed by atoms with Gasteiger partial charge in [0.2, 0.25) is 0 Å². The molecule has 1 aliphatic rings.